The van der Waals surface area contributed by atoms with E-state index >= 15 is 0 Å². The van der Waals surface area contributed by atoms with Gasteiger partial charge in [-0.05, 0) is 29.7 Å². The fourth-order valence-corrected chi connectivity index (χ4v) is 4.47. The lowest BCUT2D eigenvalue weighted by molar-refractivity contribution is -0.147. The second kappa shape index (κ2) is 9.49. The quantitative estimate of drug-likeness (QED) is 0.675. The minimum Gasteiger partial charge on any atom is -0.496 e. The molecule has 2 fully saturated rings. The van der Waals surface area contributed by atoms with Crippen molar-refractivity contribution < 1.29 is 19.1 Å². The van der Waals surface area contributed by atoms with Crippen LogP contribution in [0.5, 0.6) is 5.75 Å². The van der Waals surface area contributed by atoms with Gasteiger partial charge < -0.3 is 25.0 Å². The molecule has 0 aromatic heterocycles. The Morgan fingerprint density at radius 3 is 2.65 bits per heavy atom. The molecule has 2 N–H and O–H groups in total. The van der Waals surface area contributed by atoms with Gasteiger partial charge in [0.1, 0.15) is 17.8 Å². The number of piperazine rings is 1. The molecule has 7 heteroatoms. The smallest absolute Gasteiger partial charge is 0.246 e. The molecule has 0 radical (unpaired) electrons. The Labute approximate surface area is 182 Å². The van der Waals surface area contributed by atoms with Crippen molar-refractivity contribution in [2.75, 3.05) is 20.8 Å². The third kappa shape index (κ3) is 4.73. The van der Waals surface area contributed by atoms with Crippen LogP contribution < -0.4 is 15.4 Å². The van der Waals surface area contributed by atoms with Crippen LogP contribution in [-0.4, -0.2) is 55.6 Å². The number of rotatable bonds is 8. The number of amides is 2. The highest BCUT2D eigenvalue weighted by atomic mass is 16.5. The summed E-state index contributed by atoms with van der Waals surface area (Å²) in [6.45, 7) is 1.67. The molecule has 2 aliphatic heterocycles. The number of carbonyl (C=O) groups is 2. The average Bonchev–Trinajstić information content (AvgIpc) is 3.22. The van der Waals surface area contributed by atoms with E-state index in [4.69, 9.17) is 9.47 Å². The van der Waals surface area contributed by atoms with Gasteiger partial charge in [0.15, 0.2) is 0 Å². The summed E-state index contributed by atoms with van der Waals surface area (Å²) in [6.07, 6.45) is 1.14. The molecule has 31 heavy (non-hydrogen) atoms. The lowest BCUT2D eigenvalue weighted by Crippen LogP contribution is -2.61. The molecule has 0 spiro atoms. The van der Waals surface area contributed by atoms with Gasteiger partial charge in [-0.1, -0.05) is 36.4 Å². The first-order chi connectivity index (χ1) is 15.1. The Balaban J connectivity index is 1.37. The maximum absolute atomic E-state index is 13.0. The summed E-state index contributed by atoms with van der Waals surface area (Å²) in [4.78, 5) is 27.4. The normalized spacial score (nSPS) is 22.9. The minimum absolute atomic E-state index is 0.00424. The van der Waals surface area contributed by atoms with Crippen molar-refractivity contribution in [2.45, 2.75) is 44.1 Å². The van der Waals surface area contributed by atoms with Gasteiger partial charge >= 0.3 is 0 Å². The van der Waals surface area contributed by atoms with Crippen LogP contribution in [0.2, 0.25) is 0 Å². The zero-order valence-electron chi connectivity index (χ0n) is 18.0. The third-order valence-electron chi connectivity index (χ3n) is 6.02. The molecular weight excluding hydrogens is 394 g/mol. The Bertz CT molecular complexity index is 934. The van der Waals surface area contributed by atoms with Gasteiger partial charge in [-0.25, -0.2) is 0 Å². The summed E-state index contributed by atoms with van der Waals surface area (Å²) in [6, 6.07) is 15.0. The van der Waals surface area contributed by atoms with E-state index in [1.54, 1.807) is 19.1 Å². The molecule has 2 aromatic carbocycles. The fraction of sp³-hybridized carbons (Fsp3) is 0.417. The van der Waals surface area contributed by atoms with Gasteiger partial charge in [-0.2, -0.15) is 0 Å². The Morgan fingerprint density at radius 2 is 1.90 bits per heavy atom. The average molecular weight is 424 g/mol. The highest BCUT2D eigenvalue weighted by Gasteiger charge is 2.46. The first kappa shape index (κ1) is 21.3. The van der Waals surface area contributed by atoms with Gasteiger partial charge in [0, 0.05) is 38.2 Å². The molecule has 0 unspecified atom stereocenters. The predicted octanol–water partition coefficient (Wildman–Crippen LogP) is 1.64. The van der Waals surface area contributed by atoms with E-state index in [0.717, 1.165) is 22.4 Å². The number of nitrogens with one attached hydrogen (secondary N) is 2. The maximum atomic E-state index is 13.0. The predicted molar refractivity (Wildman–Crippen MR) is 117 cm³/mol. The number of benzene rings is 2. The van der Waals surface area contributed by atoms with E-state index in [0.29, 0.717) is 32.5 Å². The summed E-state index contributed by atoms with van der Waals surface area (Å²) in [5.41, 5.74) is 3.14. The van der Waals surface area contributed by atoms with E-state index in [1.807, 2.05) is 42.5 Å². The maximum Gasteiger partial charge on any atom is 0.246 e. The summed E-state index contributed by atoms with van der Waals surface area (Å²) < 4.78 is 10.6. The molecule has 7 nitrogen and oxygen atoms in total. The molecule has 2 saturated heterocycles. The van der Waals surface area contributed by atoms with Gasteiger partial charge in [0.2, 0.25) is 11.8 Å². The molecule has 3 atom stereocenters. The van der Waals surface area contributed by atoms with Crippen LogP contribution in [0.15, 0.2) is 48.5 Å². The van der Waals surface area contributed by atoms with Crippen LogP contribution in [-0.2, 0) is 33.9 Å². The van der Waals surface area contributed by atoms with E-state index in [1.165, 1.54) is 0 Å². The molecule has 164 valence electrons. The zero-order chi connectivity index (χ0) is 21.8. The molecule has 2 heterocycles. The van der Waals surface area contributed by atoms with Gasteiger partial charge in [0.05, 0.1) is 13.7 Å². The van der Waals surface area contributed by atoms with Crippen LogP contribution in [0.3, 0.4) is 0 Å². The van der Waals surface area contributed by atoms with Gasteiger partial charge in [-0.3, -0.25) is 9.59 Å². The van der Waals surface area contributed by atoms with E-state index in [-0.39, 0.29) is 17.9 Å². The van der Waals surface area contributed by atoms with Crippen molar-refractivity contribution in [1.29, 1.82) is 0 Å². The highest BCUT2D eigenvalue weighted by molar-refractivity contribution is 5.97. The lowest BCUT2D eigenvalue weighted by atomic mass is 10.0. The number of methoxy groups -OCH3 is 2. The van der Waals surface area contributed by atoms with Crippen molar-refractivity contribution in [3.63, 3.8) is 0 Å². The van der Waals surface area contributed by atoms with E-state index in [2.05, 4.69) is 16.7 Å². The first-order valence-corrected chi connectivity index (χ1v) is 10.6. The molecule has 0 bridgehead atoms. The van der Waals surface area contributed by atoms with E-state index in [9.17, 15) is 9.59 Å². The summed E-state index contributed by atoms with van der Waals surface area (Å²) in [7, 11) is 3.31. The summed E-state index contributed by atoms with van der Waals surface area (Å²) in [5.74, 6) is 0.747. The van der Waals surface area contributed by atoms with Gasteiger partial charge in [0.25, 0.3) is 0 Å². The Morgan fingerprint density at radius 1 is 1.10 bits per heavy atom. The van der Waals surface area contributed by atoms with E-state index < -0.39 is 12.1 Å². The number of hydrogen-bond donors (Lipinski definition) is 2. The van der Waals surface area contributed by atoms with Crippen molar-refractivity contribution in [3.8, 4) is 5.75 Å². The SMILES string of the molecule is COCc1cc(CN[C@H]2C[C@H]3C(=O)N[C@H](Cc4ccccc4)C(=O)N3C2)ccc1OC. The Hall–Kier alpha value is -2.90. The minimum atomic E-state index is -0.497. The molecule has 2 aromatic rings. The standard InChI is InChI=1S/C24H29N3O4/c1-30-15-18-10-17(8-9-22(18)31-2)13-25-19-12-21-23(28)26-20(24(29)27(21)14-19)11-16-6-4-3-5-7-16/h3-10,19-21,25H,11-15H2,1-2H3,(H,26,28)/t19-,20+,21-/m0/s1. The second-order valence-corrected chi connectivity index (χ2v) is 8.15. The fourth-order valence-electron chi connectivity index (χ4n) is 4.47. The topological polar surface area (TPSA) is 79.9 Å². The largest absolute Gasteiger partial charge is 0.496 e. The number of carbonyl (C=O) groups excluding carboxylic acids is 2. The molecule has 2 amide bonds. The summed E-state index contributed by atoms with van der Waals surface area (Å²) >= 11 is 0. The number of nitrogens with zero attached hydrogens (tertiary/aromatic N) is 1. The van der Waals surface area contributed by atoms with Crippen molar-refractivity contribution in [1.82, 2.24) is 15.5 Å². The van der Waals surface area contributed by atoms with Crippen LogP contribution >= 0.6 is 0 Å². The molecule has 0 aliphatic carbocycles. The monoisotopic (exact) mass is 423 g/mol. The van der Waals surface area contributed by atoms with Crippen molar-refractivity contribution >= 4 is 11.8 Å². The zero-order valence-corrected chi connectivity index (χ0v) is 18.0. The van der Waals surface area contributed by atoms with Crippen molar-refractivity contribution in [2.24, 2.45) is 0 Å². The van der Waals surface area contributed by atoms with Crippen LogP contribution in [0, 0.1) is 0 Å². The van der Waals surface area contributed by atoms with Crippen LogP contribution in [0.25, 0.3) is 0 Å². The molecule has 2 aliphatic rings. The molecular formula is C24H29N3O4. The highest BCUT2D eigenvalue weighted by Crippen LogP contribution is 2.25. The molecule has 4 rings (SSSR count). The number of fused-ring (bicyclic) bond motifs is 1. The number of ether oxygens (including phenoxy) is 2. The summed E-state index contributed by atoms with van der Waals surface area (Å²) in [5, 5.41) is 6.44. The molecule has 0 saturated carbocycles. The third-order valence-corrected chi connectivity index (χ3v) is 6.02. The number of hydrogen-bond acceptors (Lipinski definition) is 5. The van der Waals surface area contributed by atoms with Crippen molar-refractivity contribution in [3.05, 3.63) is 65.2 Å². The van der Waals surface area contributed by atoms with Gasteiger partial charge in [-0.15, -0.1) is 0 Å². The Kier molecular flexibility index (Phi) is 6.53. The lowest BCUT2D eigenvalue weighted by Gasteiger charge is -2.34. The first-order valence-electron chi connectivity index (χ1n) is 10.6. The second-order valence-electron chi connectivity index (χ2n) is 8.15. The van der Waals surface area contributed by atoms with Crippen LogP contribution in [0.4, 0.5) is 0 Å². The van der Waals surface area contributed by atoms with Crippen LogP contribution in [0.1, 0.15) is 23.1 Å².